The molecule has 0 amide bonds. The Morgan fingerprint density at radius 1 is 1.23 bits per heavy atom. The van der Waals surface area contributed by atoms with Crippen LogP contribution in [-0.4, -0.2) is 20.5 Å². The summed E-state index contributed by atoms with van der Waals surface area (Å²) in [7, 11) is -2.77. The maximum atomic E-state index is 12.4. The van der Waals surface area contributed by atoms with Crippen LogP contribution in [0.5, 0.6) is 5.75 Å². The third-order valence-electron chi connectivity index (χ3n) is 2.77. The van der Waals surface area contributed by atoms with Crippen LogP contribution < -0.4 is 9.46 Å². The minimum absolute atomic E-state index is 0.201. The van der Waals surface area contributed by atoms with Gasteiger partial charge in [0.15, 0.2) is 4.90 Å². The number of nitro groups is 1. The molecule has 0 heterocycles. The van der Waals surface area contributed by atoms with Crippen LogP contribution >= 0.6 is 15.9 Å². The summed E-state index contributed by atoms with van der Waals surface area (Å²) in [5.41, 5.74) is -0.272. The topological polar surface area (TPSA) is 98.5 Å². The molecule has 0 aromatic heterocycles. The van der Waals surface area contributed by atoms with E-state index in [1.54, 1.807) is 18.2 Å². The monoisotopic (exact) mass is 386 g/mol. The molecule has 0 saturated heterocycles. The number of rotatable bonds is 5. The van der Waals surface area contributed by atoms with Crippen molar-refractivity contribution in [2.75, 3.05) is 11.8 Å². The van der Waals surface area contributed by atoms with Crippen LogP contribution in [0.4, 0.5) is 11.4 Å². The average molecular weight is 387 g/mol. The van der Waals surface area contributed by atoms with Crippen LogP contribution in [0.2, 0.25) is 0 Å². The van der Waals surface area contributed by atoms with Crippen molar-refractivity contribution in [2.45, 2.75) is 4.90 Å². The minimum atomic E-state index is -4.11. The first-order valence-electron chi connectivity index (χ1n) is 5.95. The van der Waals surface area contributed by atoms with Gasteiger partial charge in [0, 0.05) is 4.47 Å². The smallest absolute Gasteiger partial charge is 0.293 e. The quantitative estimate of drug-likeness (QED) is 0.628. The van der Waals surface area contributed by atoms with Gasteiger partial charge in [0.2, 0.25) is 0 Å². The molecule has 0 unspecified atom stereocenters. The van der Waals surface area contributed by atoms with E-state index in [1.165, 1.54) is 19.2 Å². The molecule has 2 rings (SSSR count). The van der Waals surface area contributed by atoms with Crippen molar-refractivity contribution < 1.29 is 18.1 Å². The summed E-state index contributed by atoms with van der Waals surface area (Å²) in [5.74, 6) is 0.201. The van der Waals surface area contributed by atoms with Gasteiger partial charge in [0.1, 0.15) is 5.75 Å². The van der Waals surface area contributed by atoms with Crippen LogP contribution in [0, 0.1) is 10.1 Å². The van der Waals surface area contributed by atoms with Gasteiger partial charge in [0.05, 0.1) is 23.8 Å². The third-order valence-corrected chi connectivity index (χ3v) is 4.87. The van der Waals surface area contributed by atoms with E-state index in [2.05, 4.69) is 20.7 Å². The highest BCUT2D eigenvalue weighted by Crippen LogP contribution is 2.31. The van der Waals surface area contributed by atoms with Gasteiger partial charge in [-0.2, -0.15) is 0 Å². The normalized spacial score (nSPS) is 11.0. The minimum Gasteiger partial charge on any atom is -0.497 e. The predicted octanol–water partition coefficient (Wildman–Crippen LogP) is 3.17. The number of nitro benzene ring substituents is 1. The number of nitrogens with zero attached hydrogens (tertiary/aromatic N) is 1. The standard InChI is InChI=1S/C13H11BrN2O5S/c1-21-9-6-7-13(12(8-9)16(17)18)22(19,20)15-11-5-3-2-4-10(11)14/h2-8,15H,1H3. The molecule has 0 atom stereocenters. The van der Waals surface area contributed by atoms with E-state index < -0.39 is 25.5 Å². The molecule has 0 aliphatic rings. The molecule has 2 aromatic rings. The summed E-state index contributed by atoms with van der Waals surface area (Å²) in [4.78, 5) is 9.90. The van der Waals surface area contributed by atoms with Crippen molar-refractivity contribution in [2.24, 2.45) is 0 Å². The zero-order valence-corrected chi connectivity index (χ0v) is 13.7. The Labute approximate surface area is 135 Å². The fourth-order valence-corrected chi connectivity index (χ4v) is 3.49. The molecule has 0 spiro atoms. The lowest BCUT2D eigenvalue weighted by molar-refractivity contribution is -0.387. The number of nitrogens with one attached hydrogen (secondary N) is 1. The van der Waals surface area contributed by atoms with Crippen molar-refractivity contribution >= 4 is 37.3 Å². The first-order chi connectivity index (χ1) is 10.3. The molecular formula is C13H11BrN2O5S. The first kappa shape index (κ1) is 16.2. The van der Waals surface area contributed by atoms with Crippen LogP contribution in [0.1, 0.15) is 0 Å². The molecule has 0 aliphatic heterocycles. The maximum absolute atomic E-state index is 12.4. The van der Waals surface area contributed by atoms with Gasteiger partial charge in [-0.25, -0.2) is 8.42 Å². The maximum Gasteiger partial charge on any atom is 0.293 e. The van der Waals surface area contributed by atoms with Gasteiger partial charge in [-0.05, 0) is 40.2 Å². The highest BCUT2D eigenvalue weighted by atomic mass is 79.9. The van der Waals surface area contributed by atoms with E-state index in [4.69, 9.17) is 4.74 Å². The Morgan fingerprint density at radius 2 is 1.91 bits per heavy atom. The Balaban J connectivity index is 2.50. The number of hydrogen-bond donors (Lipinski definition) is 1. The van der Waals surface area contributed by atoms with E-state index in [0.29, 0.717) is 4.47 Å². The summed E-state index contributed by atoms with van der Waals surface area (Å²) in [6.07, 6.45) is 0. The van der Waals surface area contributed by atoms with Crippen molar-refractivity contribution in [1.29, 1.82) is 0 Å². The average Bonchev–Trinajstić information content (AvgIpc) is 2.48. The van der Waals surface area contributed by atoms with Crippen LogP contribution in [0.25, 0.3) is 0 Å². The van der Waals surface area contributed by atoms with E-state index in [-0.39, 0.29) is 11.4 Å². The molecule has 22 heavy (non-hydrogen) atoms. The van der Waals surface area contributed by atoms with Gasteiger partial charge < -0.3 is 4.74 Å². The van der Waals surface area contributed by atoms with Gasteiger partial charge in [-0.1, -0.05) is 12.1 Å². The number of hydrogen-bond acceptors (Lipinski definition) is 5. The number of halogens is 1. The number of benzene rings is 2. The molecular weight excluding hydrogens is 376 g/mol. The highest BCUT2D eigenvalue weighted by Gasteiger charge is 2.27. The summed E-state index contributed by atoms with van der Waals surface area (Å²) < 4.78 is 32.5. The molecule has 0 radical (unpaired) electrons. The fraction of sp³-hybridized carbons (Fsp3) is 0.0769. The van der Waals surface area contributed by atoms with Crippen molar-refractivity contribution in [3.8, 4) is 5.75 Å². The molecule has 116 valence electrons. The molecule has 0 bridgehead atoms. The van der Waals surface area contributed by atoms with E-state index in [1.807, 2.05) is 0 Å². The molecule has 2 aromatic carbocycles. The van der Waals surface area contributed by atoms with Crippen LogP contribution in [0.3, 0.4) is 0 Å². The largest absolute Gasteiger partial charge is 0.497 e. The lowest BCUT2D eigenvalue weighted by atomic mass is 10.3. The zero-order chi connectivity index (χ0) is 16.3. The van der Waals surface area contributed by atoms with Gasteiger partial charge in [-0.15, -0.1) is 0 Å². The number of para-hydroxylation sites is 1. The summed E-state index contributed by atoms with van der Waals surface area (Å²) >= 11 is 3.21. The second kappa shape index (κ2) is 6.32. The number of methoxy groups -OCH3 is 1. The molecule has 7 nitrogen and oxygen atoms in total. The third kappa shape index (κ3) is 3.37. The molecule has 0 fully saturated rings. The van der Waals surface area contributed by atoms with Gasteiger partial charge in [-0.3, -0.25) is 14.8 Å². The van der Waals surface area contributed by atoms with Crippen molar-refractivity contribution in [3.05, 3.63) is 57.1 Å². The predicted molar refractivity (Wildman–Crippen MR) is 84.6 cm³/mol. The fourth-order valence-electron chi connectivity index (χ4n) is 1.74. The molecule has 0 saturated carbocycles. The van der Waals surface area contributed by atoms with E-state index in [9.17, 15) is 18.5 Å². The lowest BCUT2D eigenvalue weighted by Gasteiger charge is -2.10. The molecule has 1 N–H and O–H groups in total. The SMILES string of the molecule is COc1ccc(S(=O)(=O)Nc2ccccc2Br)c([N+](=O)[O-])c1. The summed E-state index contributed by atoms with van der Waals surface area (Å²) in [6, 6.07) is 10.1. The molecule has 0 aliphatic carbocycles. The van der Waals surface area contributed by atoms with E-state index in [0.717, 1.165) is 12.1 Å². The second-order valence-electron chi connectivity index (χ2n) is 4.18. The second-order valence-corrected chi connectivity index (χ2v) is 6.68. The van der Waals surface area contributed by atoms with Gasteiger partial charge >= 0.3 is 0 Å². The Morgan fingerprint density at radius 3 is 2.50 bits per heavy atom. The van der Waals surface area contributed by atoms with E-state index >= 15 is 0 Å². The highest BCUT2D eigenvalue weighted by molar-refractivity contribution is 9.10. The number of ether oxygens (including phenoxy) is 1. The Bertz CT molecular complexity index is 823. The number of sulfonamides is 1. The van der Waals surface area contributed by atoms with Crippen molar-refractivity contribution in [3.63, 3.8) is 0 Å². The first-order valence-corrected chi connectivity index (χ1v) is 8.22. The zero-order valence-electron chi connectivity index (χ0n) is 11.3. The molecule has 9 heteroatoms. The van der Waals surface area contributed by atoms with Gasteiger partial charge in [0.25, 0.3) is 15.7 Å². The lowest BCUT2D eigenvalue weighted by Crippen LogP contribution is -2.15. The van der Waals surface area contributed by atoms with Crippen LogP contribution in [-0.2, 0) is 10.0 Å². The summed E-state index contributed by atoms with van der Waals surface area (Å²) in [6.45, 7) is 0. The van der Waals surface area contributed by atoms with Crippen molar-refractivity contribution in [1.82, 2.24) is 0 Å². The Kier molecular flexibility index (Phi) is 4.67. The van der Waals surface area contributed by atoms with Crippen LogP contribution in [0.15, 0.2) is 51.8 Å². The number of anilines is 1. The Hall–Kier alpha value is -2.13. The summed E-state index contributed by atoms with van der Waals surface area (Å²) in [5, 5.41) is 11.1.